The molecule has 1 fully saturated rings. The van der Waals surface area contributed by atoms with Crippen molar-refractivity contribution in [1.29, 1.82) is 0 Å². The van der Waals surface area contributed by atoms with Crippen molar-refractivity contribution in [2.24, 2.45) is 0 Å². The Labute approximate surface area is 129 Å². The number of H-pyrrole nitrogens is 1. The molecule has 1 aromatic carbocycles. The SMILES string of the molecule is CN1CCN(C(=O)c2cccc(-c3cn[nH]c3)c2)CC(O)C1. The normalized spacial score (nSPS) is 19.9. The first-order valence-electron chi connectivity index (χ1n) is 7.38. The number of likely N-dealkylation sites (N-methyl/N-ethyl adjacent to an activating group) is 1. The number of benzene rings is 1. The van der Waals surface area contributed by atoms with Crippen LogP contribution in [0.15, 0.2) is 36.7 Å². The van der Waals surface area contributed by atoms with E-state index in [-0.39, 0.29) is 5.91 Å². The van der Waals surface area contributed by atoms with Gasteiger partial charge in [-0.2, -0.15) is 5.10 Å². The molecule has 0 aliphatic carbocycles. The van der Waals surface area contributed by atoms with E-state index in [1.807, 2.05) is 36.2 Å². The second kappa shape index (κ2) is 6.29. The van der Waals surface area contributed by atoms with E-state index in [1.54, 1.807) is 17.3 Å². The number of nitrogens with zero attached hydrogens (tertiary/aromatic N) is 3. The molecular weight excluding hydrogens is 280 g/mol. The van der Waals surface area contributed by atoms with Gasteiger partial charge in [-0.1, -0.05) is 12.1 Å². The summed E-state index contributed by atoms with van der Waals surface area (Å²) in [5.74, 6) is -0.0419. The van der Waals surface area contributed by atoms with Crippen LogP contribution < -0.4 is 0 Å². The summed E-state index contributed by atoms with van der Waals surface area (Å²) in [5.41, 5.74) is 2.54. The van der Waals surface area contributed by atoms with Crippen LogP contribution in [0, 0.1) is 0 Å². The number of hydrogen-bond donors (Lipinski definition) is 2. The summed E-state index contributed by atoms with van der Waals surface area (Å²) >= 11 is 0. The van der Waals surface area contributed by atoms with E-state index in [9.17, 15) is 9.90 Å². The third-order valence-corrected chi connectivity index (χ3v) is 3.93. The number of aliphatic hydroxyl groups excluding tert-OH is 1. The van der Waals surface area contributed by atoms with Crippen molar-refractivity contribution >= 4 is 5.91 Å². The molecule has 6 heteroatoms. The molecule has 1 aliphatic rings. The molecule has 1 atom stereocenters. The van der Waals surface area contributed by atoms with Gasteiger partial charge in [0.05, 0.1) is 12.3 Å². The van der Waals surface area contributed by atoms with Crippen molar-refractivity contribution in [2.45, 2.75) is 6.10 Å². The van der Waals surface area contributed by atoms with Crippen LogP contribution in [0.4, 0.5) is 0 Å². The molecule has 1 saturated heterocycles. The summed E-state index contributed by atoms with van der Waals surface area (Å²) < 4.78 is 0. The molecule has 0 spiro atoms. The quantitative estimate of drug-likeness (QED) is 0.861. The Balaban J connectivity index is 1.81. The topological polar surface area (TPSA) is 72.5 Å². The summed E-state index contributed by atoms with van der Waals surface area (Å²) in [5, 5.41) is 16.7. The number of carbonyl (C=O) groups excluding carboxylic acids is 1. The Kier molecular flexibility index (Phi) is 4.22. The molecule has 22 heavy (non-hydrogen) atoms. The first-order valence-corrected chi connectivity index (χ1v) is 7.38. The van der Waals surface area contributed by atoms with Gasteiger partial charge in [0.1, 0.15) is 0 Å². The number of nitrogens with one attached hydrogen (secondary N) is 1. The monoisotopic (exact) mass is 300 g/mol. The zero-order valence-corrected chi connectivity index (χ0v) is 12.6. The second-order valence-electron chi connectivity index (χ2n) is 5.74. The maximum atomic E-state index is 12.7. The highest BCUT2D eigenvalue weighted by atomic mass is 16.3. The van der Waals surface area contributed by atoms with Crippen LogP contribution >= 0.6 is 0 Å². The van der Waals surface area contributed by atoms with E-state index in [1.165, 1.54) is 0 Å². The van der Waals surface area contributed by atoms with Gasteiger partial charge >= 0.3 is 0 Å². The average Bonchev–Trinajstić information content (AvgIpc) is 2.99. The smallest absolute Gasteiger partial charge is 0.254 e. The zero-order chi connectivity index (χ0) is 15.5. The molecule has 1 aromatic heterocycles. The first-order chi connectivity index (χ1) is 10.6. The summed E-state index contributed by atoms with van der Waals surface area (Å²) in [7, 11) is 1.96. The van der Waals surface area contributed by atoms with E-state index < -0.39 is 6.10 Å². The van der Waals surface area contributed by atoms with Crippen molar-refractivity contribution in [1.82, 2.24) is 20.0 Å². The minimum atomic E-state index is -0.506. The molecule has 1 aliphatic heterocycles. The molecule has 0 radical (unpaired) electrons. The summed E-state index contributed by atoms with van der Waals surface area (Å²) in [6.07, 6.45) is 3.02. The van der Waals surface area contributed by atoms with Crippen LogP contribution in [0.25, 0.3) is 11.1 Å². The molecule has 1 amide bonds. The van der Waals surface area contributed by atoms with E-state index >= 15 is 0 Å². The van der Waals surface area contributed by atoms with Crippen molar-refractivity contribution in [3.63, 3.8) is 0 Å². The standard InChI is InChI=1S/C16H20N4O2/c1-19-5-6-20(11-15(21)10-19)16(22)13-4-2-3-12(7-13)14-8-17-18-9-14/h2-4,7-9,15,21H,5-6,10-11H2,1H3,(H,17,18). The van der Waals surface area contributed by atoms with Gasteiger partial charge in [-0.05, 0) is 24.7 Å². The van der Waals surface area contributed by atoms with Gasteiger partial charge in [0.2, 0.25) is 0 Å². The van der Waals surface area contributed by atoms with Crippen molar-refractivity contribution < 1.29 is 9.90 Å². The molecule has 2 aromatic rings. The zero-order valence-electron chi connectivity index (χ0n) is 12.6. The van der Waals surface area contributed by atoms with Crippen molar-refractivity contribution in [3.05, 3.63) is 42.2 Å². The molecule has 2 N–H and O–H groups in total. The molecule has 116 valence electrons. The third kappa shape index (κ3) is 3.18. The lowest BCUT2D eigenvalue weighted by atomic mass is 10.1. The number of carbonyl (C=O) groups is 1. The minimum Gasteiger partial charge on any atom is -0.390 e. The van der Waals surface area contributed by atoms with Gasteiger partial charge in [0.15, 0.2) is 0 Å². The van der Waals surface area contributed by atoms with Crippen LogP contribution in [-0.4, -0.2) is 70.3 Å². The van der Waals surface area contributed by atoms with Gasteiger partial charge in [0, 0.05) is 43.5 Å². The number of rotatable bonds is 2. The van der Waals surface area contributed by atoms with Gasteiger partial charge in [-0.15, -0.1) is 0 Å². The maximum absolute atomic E-state index is 12.7. The van der Waals surface area contributed by atoms with E-state index in [2.05, 4.69) is 10.2 Å². The Bertz CT molecular complexity index is 641. The lowest BCUT2D eigenvalue weighted by Crippen LogP contribution is -2.37. The number of hydrogen-bond acceptors (Lipinski definition) is 4. The van der Waals surface area contributed by atoms with Crippen molar-refractivity contribution in [2.75, 3.05) is 33.2 Å². The van der Waals surface area contributed by atoms with E-state index in [0.717, 1.165) is 17.7 Å². The van der Waals surface area contributed by atoms with Gasteiger partial charge < -0.3 is 14.9 Å². The first kappa shape index (κ1) is 14.7. The average molecular weight is 300 g/mol. The highest BCUT2D eigenvalue weighted by Gasteiger charge is 2.23. The fourth-order valence-corrected chi connectivity index (χ4v) is 2.75. The minimum absolute atomic E-state index is 0.0419. The molecule has 3 rings (SSSR count). The lowest BCUT2D eigenvalue weighted by molar-refractivity contribution is 0.0667. The van der Waals surface area contributed by atoms with E-state index in [4.69, 9.17) is 0 Å². The Morgan fingerprint density at radius 1 is 1.32 bits per heavy atom. The number of aromatic nitrogens is 2. The molecule has 1 unspecified atom stereocenters. The van der Waals surface area contributed by atoms with E-state index in [0.29, 0.717) is 25.2 Å². The number of amides is 1. The van der Waals surface area contributed by atoms with Crippen molar-refractivity contribution in [3.8, 4) is 11.1 Å². The Morgan fingerprint density at radius 2 is 2.18 bits per heavy atom. The fourth-order valence-electron chi connectivity index (χ4n) is 2.75. The number of β-amino-alcohol motifs (C(OH)–C–C–N with tert-alkyl or cyclic N) is 1. The predicted molar refractivity (Wildman–Crippen MR) is 83.4 cm³/mol. The number of aromatic amines is 1. The Morgan fingerprint density at radius 3 is 2.95 bits per heavy atom. The van der Waals surface area contributed by atoms with Crippen LogP contribution in [0.2, 0.25) is 0 Å². The highest BCUT2D eigenvalue weighted by Crippen LogP contribution is 2.20. The predicted octanol–water partition coefficient (Wildman–Crippen LogP) is 0.825. The maximum Gasteiger partial charge on any atom is 0.254 e. The van der Waals surface area contributed by atoms with Crippen LogP contribution in [0.5, 0.6) is 0 Å². The van der Waals surface area contributed by atoms with Gasteiger partial charge in [-0.3, -0.25) is 9.89 Å². The molecule has 0 saturated carbocycles. The fraction of sp³-hybridized carbons (Fsp3) is 0.375. The third-order valence-electron chi connectivity index (χ3n) is 3.93. The van der Waals surface area contributed by atoms with Gasteiger partial charge in [0.25, 0.3) is 5.91 Å². The lowest BCUT2D eigenvalue weighted by Gasteiger charge is -2.22. The van der Waals surface area contributed by atoms with Crippen LogP contribution in [0.3, 0.4) is 0 Å². The molecule has 6 nitrogen and oxygen atoms in total. The van der Waals surface area contributed by atoms with Crippen LogP contribution in [0.1, 0.15) is 10.4 Å². The highest BCUT2D eigenvalue weighted by molar-refractivity contribution is 5.95. The molecule has 0 bridgehead atoms. The summed E-state index contributed by atoms with van der Waals surface area (Å²) in [4.78, 5) is 16.5. The summed E-state index contributed by atoms with van der Waals surface area (Å²) in [6, 6.07) is 7.50. The second-order valence-corrected chi connectivity index (χ2v) is 5.74. The number of aliphatic hydroxyl groups is 1. The molecule has 2 heterocycles. The Hall–Kier alpha value is -2.18. The molecular formula is C16H20N4O2. The largest absolute Gasteiger partial charge is 0.390 e. The summed E-state index contributed by atoms with van der Waals surface area (Å²) in [6.45, 7) is 2.37. The van der Waals surface area contributed by atoms with Gasteiger partial charge in [-0.25, -0.2) is 0 Å². The van der Waals surface area contributed by atoms with Crippen LogP contribution in [-0.2, 0) is 0 Å².